The molecule has 5 heteroatoms. The van der Waals surface area contributed by atoms with Crippen molar-refractivity contribution in [2.75, 3.05) is 7.11 Å². The number of ether oxygens (including phenoxy) is 1. The Morgan fingerprint density at radius 2 is 1.94 bits per heavy atom. The Kier molecular flexibility index (Phi) is 2.68. The Morgan fingerprint density at radius 3 is 2.44 bits per heavy atom. The maximum atomic E-state index is 11.3. The van der Waals surface area contributed by atoms with Gasteiger partial charge in [0.25, 0.3) is 11.8 Å². The lowest BCUT2D eigenvalue weighted by molar-refractivity contribution is -0.137. The Balaban J connectivity index is 2.09. The molecule has 0 spiro atoms. The number of carbonyl (C=O) groups is 2. The molecule has 0 radical (unpaired) electrons. The standard InChI is InChI=1S/C11H10N2O3/c1-16-9-3-2-8(6-12-9)7-13-10(14)4-5-11(13)15/h2-6H,7H2,1H3. The van der Waals surface area contributed by atoms with Crippen LogP contribution in [0.25, 0.3) is 0 Å². The molecule has 5 nitrogen and oxygen atoms in total. The van der Waals surface area contributed by atoms with Crippen molar-refractivity contribution in [2.24, 2.45) is 0 Å². The van der Waals surface area contributed by atoms with Crippen molar-refractivity contribution in [1.29, 1.82) is 0 Å². The first-order valence-electron chi connectivity index (χ1n) is 4.73. The van der Waals surface area contributed by atoms with Crippen LogP contribution in [0.5, 0.6) is 5.88 Å². The van der Waals surface area contributed by atoms with Gasteiger partial charge in [-0.15, -0.1) is 0 Å². The molecule has 0 N–H and O–H groups in total. The van der Waals surface area contributed by atoms with Crippen molar-refractivity contribution in [2.45, 2.75) is 6.54 Å². The summed E-state index contributed by atoms with van der Waals surface area (Å²) in [6.07, 6.45) is 4.11. The molecule has 82 valence electrons. The number of methoxy groups -OCH3 is 1. The summed E-state index contributed by atoms with van der Waals surface area (Å²) in [5.74, 6) is -0.0809. The molecule has 1 aromatic rings. The Labute approximate surface area is 92.3 Å². The van der Waals surface area contributed by atoms with Crippen molar-refractivity contribution >= 4 is 11.8 Å². The molecule has 1 aromatic heterocycles. The summed E-state index contributed by atoms with van der Waals surface area (Å²) in [6, 6.07) is 3.46. The maximum absolute atomic E-state index is 11.3. The number of carbonyl (C=O) groups excluding carboxylic acids is 2. The fourth-order valence-electron chi connectivity index (χ4n) is 1.39. The molecular weight excluding hydrogens is 208 g/mol. The van der Waals surface area contributed by atoms with E-state index in [1.54, 1.807) is 18.3 Å². The smallest absolute Gasteiger partial charge is 0.253 e. The minimum Gasteiger partial charge on any atom is -0.481 e. The van der Waals surface area contributed by atoms with E-state index in [-0.39, 0.29) is 18.4 Å². The first-order chi connectivity index (χ1) is 7.70. The number of pyridine rings is 1. The SMILES string of the molecule is COc1ccc(CN2C(=O)C=CC2=O)cn1. The van der Waals surface area contributed by atoms with Gasteiger partial charge in [0.1, 0.15) is 0 Å². The zero-order valence-electron chi connectivity index (χ0n) is 8.71. The van der Waals surface area contributed by atoms with Crippen LogP contribution in [0.4, 0.5) is 0 Å². The van der Waals surface area contributed by atoms with Crippen molar-refractivity contribution in [3.05, 3.63) is 36.0 Å². The summed E-state index contributed by atoms with van der Waals surface area (Å²) in [5.41, 5.74) is 0.784. The number of hydrogen-bond acceptors (Lipinski definition) is 4. The summed E-state index contributed by atoms with van der Waals surface area (Å²) in [6.45, 7) is 0.238. The van der Waals surface area contributed by atoms with Gasteiger partial charge < -0.3 is 4.74 Å². The fourth-order valence-corrected chi connectivity index (χ4v) is 1.39. The number of rotatable bonds is 3. The van der Waals surface area contributed by atoms with Crippen LogP contribution in [-0.4, -0.2) is 28.8 Å². The zero-order chi connectivity index (χ0) is 11.5. The van der Waals surface area contributed by atoms with E-state index in [0.29, 0.717) is 5.88 Å². The summed E-state index contributed by atoms with van der Waals surface area (Å²) in [4.78, 5) is 27.7. The minimum atomic E-state index is -0.291. The predicted molar refractivity (Wildman–Crippen MR) is 55.5 cm³/mol. The Hall–Kier alpha value is -2.17. The highest BCUT2D eigenvalue weighted by atomic mass is 16.5. The average Bonchev–Trinajstić information content (AvgIpc) is 2.62. The molecule has 0 unspecified atom stereocenters. The van der Waals surface area contributed by atoms with Gasteiger partial charge in [0.15, 0.2) is 0 Å². The van der Waals surface area contributed by atoms with Crippen LogP contribution in [0, 0.1) is 0 Å². The highest BCUT2D eigenvalue weighted by Crippen LogP contribution is 2.12. The Bertz CT molecular complexity index is 433. The first-order valence-corrected chi connectivity index (χ1v) is 4.73. The second-order valence-corrected chi connectivity index (χ2v) is 3.30. The van der Waals surface area contributed by atoms with E-state index in [1.807, 2.05) is 0 Å². The van der Waals surface area contributed by atoms with Crippen molar-refractivity contribution in [3.63, 3.8) is 0 Å². The first kappa shape index (κ1) is 10.4. The quantitative estimate of drug-likeness (QED) is 0.694. The van der Waals surface area contributed by atoms with E-state index < -0.39 is 0 Å². The van der Waals surface area contributed by atoms with E-state index in [0.717, 1.165) is 10.5 Å². The van der Waals surface area contributed by atoms with Gasteiger partial charge >= 0.3 is 0 Å². The molecule has 2 rings (SSSR count). The molecule has 0 bridgehead atoms. The van der Waals surface area contributed by atoms with Crippen LogP contribution in [0.3, 0.4) is 0 Å². The van der Waals surface area contributed by atoms with E-state index >= 15 is 0 Å². The van der Waals surface area contributed by atoms with Gasteiger partial charge in [-0.25, -0.2) is 4.98 Å². The van der Waals surface area contributed by atoms with Crippen molar-refractivity contribution < 1.29 is 14.3 Å². The zero-order valence-corrected chi connectivity index (χ0v) is 8.71. The van der Waals surface area contributed by atoms with Crippen LogP contribution in [0.2, 0.25) is 0 Å². The molecule has 1 aliphatic rings. The lowest BCUT2D eigenvalue weighted by Gasteiger charge is -2.13. The highest BCUT2D eigenvalue weighted by Gasteiger charge is 2.23. The van der Waals surface area contributed by atoms with E-state index in [4.69, 9.17) is 4.74 Å². The van der Waals surface area contributed by atoms with E-state index in [1.165, 1.54) is 19.3 Å². The normalized spacial score (nSPS) is 14.7. The number of amides is 2. The molecule has 0 atom stereocenters. The molecule has 0 aromatic carbocycles. The van der Waals surface area contributed by atoms with Gasteiger partial charge in [0.2, 0.25) is 5.88 Å². The molecule has 1 aliphatic heterocycles. The minimum absolute atomic E-state index is 0.238. The monoisotopic (exact) mass is 218 g/mol. The molecule has 0 aliphatic carbocycles. The summed E-state index contributed by atoms with van der Waals surface area (Å²) >= 11 is 0. The second-order valence-electron chi connectivity index (χ2n) is 3.30. The number of nitrogens with zero attached hydrogens (tertiary/aromatic N) is 2. The third-order valence-corrected chi connectivity index (χ3v) is 2.25. The largest absolute Gasteiger partial charge is 0.481 e. The van der Waals surface area contributed by atoms with Crippen LogP contribution in [0.1, 0.15) is 5.56 Å². The molecule has 2 heterocycles. The molecule has 0 saturated carbocycles. The van der Waals surface area contributed by atoms with Gasteiger partial charge in [-0.05, 0) is 5.56 Å². The Morgan fingerprint density at radius 1 is 1.25 bits per heavy atom. The van der Waals surface area contributed by atoms with Crippen molar-refractivity contribution in [1.82, 2.24) is 9.88 Å². The highest BCUT2D eigenvalue weighted by molar-refractivity contribution is 6.12. The van der Waals surface area contributed by atoms with Crippen LogP contribution >= 0.6 is 0 Å². The van der Waals surface area contributed by atoms with E-state index in [9.17, 15) is 9.59 Å². The summed E-state index contributed by atoms with van der Waals surface area (Å²) in [5, 5.41) is 0. The molecule has 0 fully saturated rings. The third kappa shape index (κ3) is 1.93. The molecular formula is C11H10N2O3. The fraction of sp³-hybridized carbons (Fsp3) is 0.182. The predicted octanol–water partition coefficient (Wildman–Crippen LogP) is 0.515. The molecule has 2 amide bonds. The van der Waals surface area contributed by atoms with Gasteiger partial charge in [-0.2, -0.15) is 0 Å². The molecule has 16 heavy (non-hydrogen) atoms. The number of aromatic nitrogens is 1. The second kappa shape index (κ2) is 4.14. The number of imide groups is 1. The third-order valence-electron chi connectivity index (χ3n) is 2.25. The van der Waals surface area contributed by atoms with Crippen LogP contribution < -0.4 is 4.74 Å². The average molecular weight is 218 g/mol. The van der Waals surface area contributed by atoms with Gasteiger partial charge in [0, 0.05) is 24.4 Å². The van der Waals surface area contributed by atoms with Crippen LogP contribution in [0.15, 0.2) is 30.5 Å². The maximum Gasteiger partial charge on any atom is 0.253 e. The van der Waals surface area contributed by atoms with Gasteiger partial charge in [0.05, 0.1) is 13.7 Å². The number of hydrogen-bond donors (Lipinski definition) is 0. The lowest BCUT2D eigenvalue weighted by Crippen LogP contribution is -2.29. The van der Waals surface area contributed by atoms with Gasteiger partial charge in [-0.1, -0.05) is 6.07 Å². The van der Waals surface area contributed by atoms with Gasteiger partial charge in [-0.3, -0.25) is 14.5 Å². The van der Waals surface area contributed by atoms with E-state index in [2.05, 4.69) is 4.98 Å². The summed E-state index contributed by atoms with van der Waals surface area (Å²) in [7, 11) is 1.53. The topological polar surface area (TPSA) is 59.5 Å². The summed E-state index contributed by atoms with van der Waals surface area (Å²) < 4.78 is 4.91. The molecule has 0 saturated heterocycles. The van der Waals surface area contributed by atoms with Crippen LogP contribution in [-0.2, 0) is 16.1 Å². The van der Waals surface area contributed by atoms with Crippen molar-refractivity contribution in [3.8, 4) is 5.88 Å². The lowest BCUT2D eigenvalue weighted by atomic mass is 10.2.